The van der Waals surface area contributed by atoms with Gasteiger partial charge < -0.3 is 58.8 Å². The summed E-state index contributed by atoms with van der Waals surface area (Å²) in [7, 11) is -8.46. The first-order chi connectivity index (χ1) is 40.0. The lowest BCUT2D eigenvalue weighted by molar-refractivity contribution is -0.402. The number of aliphatic hydroxyl groups excluding tert-OH is 2. The predicted octanol–water partition coefficient (Wildman–Crippen LogP) is 8.32. The minimum Gasteiger partial charge on any atom is -0.456 e. The number of hydrogen-bond donors (Lipinski definition) is 6. The molecule has 28 nitrogen and oxygen atoms in total. The van der Waals surface area contributed by atoms with Crippen molar-refractivity contribution in [3.8, 4) is 11.5 Å². The number of fused-ring (bicyclic) bond motifs is 1. The third kappa shape index (κ3) is 17.4. The third-order valence-electron chi connectivity index (χ3n) is 12.5. The van der Waals surface area contributed by atoms with Crippen LogP contribution in [0.5, 0.6) is 11.5 Å². The van der Waals surface area contributed by atoms with Gasteiger partial charge in [-0.25, -0.2) is 19.1 Å². The average molecular weight is 1250 g/mol. The summed E-state index contributed by atoms with van der Waals surface area (Å²) in [5, 5.41) is 48.4. The number of ether oxygens (including phenoxy) is 2. The molecule has 4 aliphatic rings. The van der Waals surface area contributed by atoms with E-state index < -0.39 is 83.8 Å². The highest BCUT2D eigenvalue weighted by Crippen LogP contribution is 2.50. The highest BCUT2D eigenvalue weighted by atomic mass is 32.2. The Kier molecular flexibility index (Phi) is 22.0. The van der Waals surface area contributed by atoms with Gasteiger partial charge in [-0.1, -0.05) is 75.2 Å². The van der Waals surface area contributed by atoms with Crippen molar-refractivity contribution in [1.29, 1.82) is 0 Å². The monoisotopic (exact) mass is 1250 g/mol. The number of amidine groups is 2. The van der Waals surface area contributed by atoms with Crippen LogP contribution in [0.15, 0.2) is 165 Å². The lowest BCUT2D eigenvalue weighted by Crippen LogP contribution is -2.36. The summed E-state index contributed by atoms with van der Waals surface area (Å²) in [6.07, 6.45) is 5.83. The molecule has 8 N–H and O–H groups in total. The van der Waals surface area contributed by atoms with Crippen molar-refractivity contribution in [2.75, 3.05) is 13.2 Å². The number of rotatable bonds is 24. The summed E-state index contributed by atoms with van der Waals surface area (Å²) >= 11 is 2.78. The maximum absolute atomic E-state index is 14.2. The van der Waals surface area contributed by atoms with Crippen LogP contribution in [0, 0.1) is 20.2 Å². The molecule has 0 radical (unpaired) electrons. The first-order valence-corrected chi connectivity index (χ1v) is 30.4. The average Bonchev–Trinajstić information content (AvgIpc) is 4.48. The van der Waals surface area contributed by atoms with E-state index in [9.17, 15) is 49.2 Å². The van der Waals surface area contributed by atoms with Crippen molar-refractivity contribution < 1.29 is 75.2 Å². The molecule has 0 saturated carbocycles. The molecule has 454 valence electrons. The van der Waals surface area contributed by atoms with Gasteiger partial charge in [0.2, 0.25) is 0 Å². The first kappa shape index (κ1) is 64.8. The molecule has 2 saturated heterocycles. The van der Waals surface area contributed by atoms with E-state index in [0.29, 0.717) is 41.5 Å². The van der Waals surface area contributed by atoms with Crippen molar-refractivity contribution in [2.45, 2.75) is 92.9 Å². The number of nitrogens with zero attached hydrogens (tertiary/aromatic N) is 6. The van der Waals surface area contributed by atoms with Crippen LogP contribution in [0.2, 0.25) is 0 Å². The van der Waals surface area contributed by atoms with E-state index in [1.54, 1.807) is 88.9 Å². The number of benzene rings is 3. The number of furan rings is 2. The van der Waals surface area contributed by atoms with Crippen LogP contribution in [0.1, 0.15) is 45.6 Å². The fourth-order valence-electron chi connectivity index (χ4n) is 8.32. The normalized spacial score (nSPS) is 22.1. The molecular weight excluding hydrogens is 1190 g/mol. The van der Waals surface area contributed by atoms with E-state index in [0.717, 1.165) is 17.5 Å². The second-order valence-corrected chi connectivity index (χ2v) is 24.9. The van der Waals surface area contributed by atoms with Crippen LogP contribution in [0.4, 0.5) is 11.8 Å². The Balaban J connectivity index is 0.000000242. The topological polar surface area (TPSA) is 384 Å². The number of nitrogens with two attached hydrogens (primary N) is 2. The fraction of sp³-hybridized carbons (Fsp3) is 0.321. The lowest BCUT2D eigenvalue weighted by atomic mass is 10.1. The highest BCUT2D eigenvalue weighted by Gasteiger charge is 2.43. The summed E-state index contributed by atoms with van der Waals surface area (Å²) < 4.78 is 71.5. The molecule has 0 bridgehead atoms. The van der Waals surface area contributed by atoms with E-state index in [4.69, 9.17) is 47.9 Å². The van der Waals surface area contributed by atoms with Gasteiger partial charge in [-0.3, -0.25) is 38.9 Å². The molecule has 0 spiro atoms. The number of aliphatic imine (C=N–C) groups is 2. The number of hydrogen-bond acceptors (Lipinski definition) is 26. The second kappa shape index (κ2) is 28.9. The van der Waals surface area contributed by atoms with E-state index in [2.05, 4.69) is 33.3 Å². The zero-order valence-corrected chi connectivity index (χ0v) is 48.2. The molecule has 32 heteroatoms. The zero-order valence-electron chi connectivity index (χ0n) is 44.8. The van der Waals surface area contributed by atoms with Gasteiger partial charge in [-0.2, -0.15) is 10.2 Å². The Morgan fingerprint density at radius 3 is 1.61 bits per heavy atom. The minimum absolute atomic E-state index is 0. The van der Waals surface area contributed by atoms with Crippen LogP contribution in [-0.4, -0.2) is 112 Å². The number of nitro groups is 2. The van der Waals surface area contributed by atoms with Gasteiger partial charge in [0.1, 0.15) is 81.5 Å². The molecule has 3 aromatic carbocycles. The number of aliphatic hydroxyl groups is 2. The van der Waals surface area contributed by atoms with Crippen LogP contribution in [0.25, 0.3) is 10.8 Å². The van der Waals surface area contributed by atoms with Gasteiger partial charge >= 0.3 is 39.2 Å². The van der Waals surface area contributed by atoms with Crippen molar-refractivity contribution in [3.05, 3.63) is 178 Å². The Bertz CT molecular complexity index is 3470. The number of nitrogens with one attached hydrogen (secondary N) is 2. The van der Waals surface area contributed by atoms with Crippen LogP contribution in [-0.2, 0) is 50.5 Å². The molecule has 6 heterocycles. The van der Waals surface area contributed by atoms with E-state index in [1.807, 2.05) is 18.2 Å². The van der Waals surface area contributed by atoms with Gasteiger partial charge in [-0.05, 0) is 61.7 Å². The van der Waals surface area contributed by atoms with Gasteiger partial charge in [0.15, 0.2) is 0 Å². The summed E-state index contributed by atoms with van der Waals surface area (Å²) in [6.45, 7) is 9.49. The lowest BCUT2D eigenvalue weighted by Gasteiger charge is -2.28. The number of thioether (sulfide) groups is 2. The molecule has 85 heavy (non-hydrogen) atoms. The molecule has 0 amide bonds. The number of esters is 2. The van der Waals surface area contributed by atoms with Crippen LogP contribution < -0.4 is 30.7 Å². The Morgan fingerprint density at radius 2 is 1.15 bits per heavy atom. The van der Waals surface area contributed by atoms with Crippen molar-refractivity contribution in [1.82, 2.24) is 20.0 Å². The molecule has 2 fully saturated rings. The molecule has 4 aliphatic heterocycles. The fourth-order valence-corrected chi connectivity index (χ4v) is 14.5. The van der Waals surface area contributed by atoms with E-state index in [1.165, 1.54) is 49.5 Å². The molecule has 2 aromatic heterocycles. The predicted molar refractivity (Wildman–Crippen MR) is 316 cm³/mol. The number of para-hydroxylation sites is 1. The van der Waals surface area contributed by atoms with Crippen molar-refractivity contribution in [2.24, 2.45) is 21.5 Å². The molecule has 0 aliphatic carbocycles. The highest BCUT2D eigenvalue weighted by molar-refractivity contribution is 8.01. The molecule has 5 aromatic rings. The van der Waals surface area contributed by atoms with Crippen molar-refractivity contribution in [3.63, 3.8) is 0 Å². The second-order valence-electron chi connectivity index (χ2n) is 18.7. The summed E-state index contributed by atoms with van der Waals surface area (Å²) in [6, 6.07) is 23.3. The first-order valence-electron chi connectivity index (χ1n) is 25.5. The molecule has 10 atom stereocenters. The zero-order chi connectivity index (χ0) is 60.3. The molecular formula is C53H62N10O18P2S2. The Morgan fingerprint density at radius 1 is 0.706 bits per heavy atom. The summed E-state index contributed by atoms with van der Waals surface area (Å²) in [4.78, 5) is 57.5. The number of carbonyl (C=O) groups excluding carboxylic acids is 2. The maximum atomic E-state index is 14.2. The van der Waals surface area contributed by atoms with E-state index >= 15 is 0 Å². The third-order valence-corrected chi connectivity index (χ3v) is 18.8. The van der Waals surface area contributed by atoms with Gasteiger partial charge in [0.25, 0.3) is 0 Å². The molecule has 9 rings (SSSR count). The standard InChI is InChI=1S/C28H30N5O9PS.C24H28N5O9PS.CH4/c1-17(28(35)39-15-20-10-11-26(41-20)33(36)37)31-43(38,42-23-9-5-7-19-6-3-4-8-21(19)23)40-16-24-22(34)14-27(44-24)32-13-12-25(29)30-18(32)2;1-15(24(31)35-13-18-8-9-22(37-18)29(32)33)27-39(34,38-17-6-4-3-5-7-17)36-14-20-19(30)12-23(40-20)28-11-10-21(25)26-16(28)2;/h3-13,17,22,24,27,34H,2,14-16H2,1H3,(H2,29,30)(H,31,38);3-11,15,19-20,23,30H,2,12-14H2,1H3,(H2,25,26)(H,27,34);1H4/t17-,22+,24+,27+,43?;15-,19+,20+,23+,39?;/m00./s1. The largest absolute Gasteiger partial charge is 0.459 e. The van der Waals surface area contributed by atoms with Crippen molar-refractivity contribution >= 4 is 85.2 Å². The quantitative estimate of drug-likeness (QED) is 0.0146. The van der Waals surface area contributed by atoms with Gasteiger partial charge in [-0.15, -0.1) is 23.5 Å². The Labute approximate surface area is 495 Å². The van der Waals surface area contributed by atoms with Crippen LogP contribution in [0.3, 0.4) is 0 Å². The summed E-state index contributed by atoms with van der Waals surface area (Å²) in [5.41, 5.74) is 11.4. The number of carbonyl (C=O) groups is 2. The minimum atomic E-state index is -4.28. The summed E-state index contributed by atoms with van der Waals surface area (Å²) in [5.74, 6) is -0.521. The maximum Gasteiger partial charge on any atom is 0.459 e. The smallest absolute Gasteiger partial charge is 0.456 e. The van der Waals surface area contributed by atoms with Gasteiger partial charge in [0, 0.05) is 30.6 Å². The van der Waals surface area contributed by atoms with Gasteiger partial charge in [0.05, 0.1) is 58.8 Å². The molecule has 2 unspecified atom stereocenters. The SMILES string of the molecule is C.C=C1N=C(N)C=CN1[C@H]1C[C@@H](O)[C@@H](COP(=O)(N[C@@H](C)C(=O)OCc2ccc([N+](=O)[O-])o2)Oc2cccc3ccccc23)S1.C=C1N=C(N)C=CN1[C@H]1C[C@@H](O)[C@@H](COP(=O)(N[C@@H](C)C(=O)OCc2ccc([N+](=O)[O-])o2)Oc2ccccc2)S1. The van der Waals surface area contributed by atoms with Crippen LogP contribution >= 0.6 is 39.0 Å². The van der Waals surface area contributed by atoms with E-state index in [-0.39, 0.29) is 67.6 Å². The Hall–Kier alpha value is -7.76.